The molecule has 2 N–H and O–H groups in total. The molecule has 4 rings (SSSR count). The molecule has 3 unspecified atom stereocenters. The number of non-ortho nitro benzene ring substituents is 1. The molecular weight excluding hydrogens is 376 g/mol. The van der Waals surface area contributed by atoms with Gasteiger partial charge in [0.1, 0.15) is 0 Å². The lowest BCUT2D eigenvalue weighted by Crippen LogP contribution is -2.65. The number of hydrogen-bond acceptors (Lipinski definition) is 6. The van der Waals surface area contributed by atoms with E-state index in [-0.39, 0.29) is 11.6 Å². The molecule has 1 aliphatic heterocycles. The van der Waals surface area contributed by atoms with Gasteiger partial charge in [0.05, 0.1) is 27.5 Å². The second-order valence-electron chi connectivity index (χ2n) is 7.19. The van der Waals surface area contributed by atoms with Crippen LogP contribution in [0.25, 0.3) is 0 Å². The van der Waals surface area contributed by atoms with Crippen LogP contribution in [0.1, 0.15) is 30.4 Å². The van der Waals surface area contributed by atoms with Crippen molar-refractivity contribution in [2.24, 2.45) is 5.92 Å². The predicted octanol–water partition coefficient (Wildman–Crippen LogP) is 2.57. The summed E-state index contributed by atoms with van der Waals surface area (Å²) in [5, 5.41) is 35.9. The van der Waals surface area contributed by atoms with Crippen molar-refractivity contribution < 1.29 is 14.6 Å². The van der Waals surface area contributed by atoms with Crippen molar-refractivity contribution in [3.05, 3.63) is 81.1 Å². The minimum Gasteiger partial charge on any atom is -0.365 e. The van der Waals surface area contributed by atoms with Crippen LogP contribution in [0.3, 0.4) is 0 Å². The Morgan fingerprint density at radius 3 is 2.43 bits per heavy atom. The van der Waals surface area contributed by atoms with Crippen molar-refractivity contribution >= 4 is 18.3 Å². The third-order valence-electron chi connectivity index (χ3n) is 5.49. The van der Waals surface area contributed by atoms with Gasteiger partial charge in [0, 0.05) is 30.2 Å². The number of nitro groups is 1. The first kappa shape index (κ1) is 18.5. The highest BCUT2D eigenvalue weighted by molar-refractivity contribution is 7.84. The fourth-order valence-corrected chi connectivity index (χ4v) is 4.40. The molecule has 3 atom stereocenters. The molecule has 0 radical (unpaired) electrons. The Kier molecular flexibility index (Phi) is 4.57. The molecule has 8 heteroatoms. The van der Waals surface area contributed by atoms with Gasteiger partial charge in [-0.15, -0.1) is 12.6 Å². The van der Waals surface area contributed by atoms with E-state index in [1.165, 1.54) is 12.1 Å². The van der Waals surface area contributed by atoms with Crippen molar-refractivity contribution in [2.75, 3.05) is 0 Å². The highest BCUT2D eigenvalue weighted by Gasteiger charge is 2.60. The zero-order valence-corrected chi connectivity index (χ0v) is 15.8. The number of benzene rings is 1. The second-order valence-corrected chi connectivity index (χ2v) is 7.64. The summed E-state index contributed by atoms with van der Waals surface area (Å²) < 4.78 is 1.90. The van der Waals surface area contributed by atoms with Gasteiger partial charge in [0.2, 0.25) is 11.8 Å². The number of nitro benzene ring substituents is 1. The van der Waals surface area contributed by atoms with E-state index in [1.54, 1.807) is 12.1 Å². The lowest BCUT2D eigenvalue weighted by molar-refractivity contribution is -0.742. The SMILES string of the molecule is N#CC1=C(S)NC(O)(C2CC2)C([n+]2ccccc2)C1c1ccc([N+](=O)[O-])cc1. The van der Waals surface area contributed by atoms with E-state index in [0.717, 1.165) is 18.4 Å². The number of nitriles is 1. The Balaban J connectivity index is 1.90. The summed E-state index contributed by atoms with van der Waals surface area (Å²) >= 11 is 4.46. The number of nitrogens with zero attached hydrogens (tertiary/aromatic N) is 3. The summed E-state index contributed by atoms with van der Waals surface area (Å²) in [5.41, 5.74) is -0.192. The lowest BCUT2D eigenvalue weighted by atomic mass is 9.76. The van der Waals surface area contributed by atoms with Gasteiger partial charge in [0.15, 0.2) is 12.4 Å². The maximum atomic E-state index is 11.6. The van der Waals surface area contributed by atoms with Gasteiger partial charge in [-0.3, -0.25) is 10.1 Å². The maximum Gasteiger partial charge on any atom is 0.269 e. The molecule has 0 spiro atoms. The topological polar surface area (TPSA) is 103 Å². The molecule has 2 heterocycles. The van der Waals surface area contributed by atoms with Crippen LogP contribution in [0, 0.1) is 27.4 Å². The van der Waals surface area contributed by atoms with Crippen molar-refractivity contribution in [1.29, 1.82) is 5.26 Å². The van der Waals surface area contributed by atoms with Crippen LogP contribution in [0.2, 0.25) is 0 Å². The number of nitrogens with one attached hydrogen (secondary N) is 1. The molecule has 0 bridgehead atoms. The Morgan fingerprint density at radius 2 is 1.89 bits per heavy atom. The number of allylic oxidation sites excluding steroid dienone is 1. The third kappa shape index (κ3) is 3.03. The highest BCUT2D eigenvalue weighted by atomic mass is 32.1. The molecule has 1 fully saturated rings. The normalized spacial score (nSPS) is 27.0. The van der Waals surface area contributed by atoms with Gasteiger partial charge in [-0.25, -0.2) is 0 Å². The van der Waals surface area contributed by atoms with E-state index >= 15 is 0 Å². The van der Waals surface area contributed by atoms with Crippen molar-refractivity contribution in [1.82, 2.24) is 5.32 Å². The van der Waals surface area contributed by atoms with Crippen molar-refractivity contribution in [3.63, 3.8) is 0 Å². The molecule has 1 aromatic carbocycles. The second kappa shape index (κ2) is 6.93. The molecule has 0 amide bonds. The molecular formula is C20H19N4O3S+. The first-order chi connectivity index (χ1) is 13.5. The Hall–Kier alpha value is -2.89. The molecule has 142 valence electrons. The van der Waals surface area contributed by atoms with E-state index < -0.39 is 22.6 Å². The van der Waals surface area contributed by atoms with E-state index in [9.17, 15) is 20.5 Å². The van der Waals surface area contributed by atoms with E-state index in [2.05, 4.69) is 24.0 Å². The number of aromatic nitrogens is 1. The molecule has 2 aromatic rings. The first-order valence-corrected chi connectivity index (χ1v) is 9.44. The number of rotatable bonds is 4. The third-order valence-corrected chi connectivity index (χ3v) is 5.85. The molecule has 0 saturated heterocycles. The maximum absolute atomic E-state index is 11.6. The van der Waals surface area contributed by atoms with Crippen LogP contribution >= 0.6 is 12.6 Å². The van der Waals surface area contributed by atoms with Crippen LogP contribution in [-0.4, -0.2) is 15.8 Å². The van der Waals surface area contributed by atoms with Crippen LogP contribution < -0.4 is 9.88 Å². The smallest absolute Gasteiger partial charge is 0.269 e. The van der Waals surface area contributed by atoms with Crippen LogP contribution in [-0.2, 0) is 0 Å². The lowest BCUT2D eigenvalue weighted by Gasteiger charge is -2.42. The Morgan fingerprint density at radius 1 is 1.25 bits per heavy atom. The van der Waals surface area contributed by atoms with Gasteiger partial charge in [-0.1, -0.05) is 18.2 Å². The molecule has 1 aliphatic carbocycles. The quantitative estimate of drug-likeness (QED) is 0.320. The highest BCUT2D eigenvalue weighted by Crippen LogP contribution is 2.52. The molecule has 28 heavy (non-hydrogen) atoms. The standard InChI is InChI=1S/C20H18N4O3S/c21-12-16-17(13-4-8-15(9-5-13)24(26)27)18(23-10-2-1-3-11-23)20(25,14-6-7-14)22-19(16)28/h1-5,8-11,14,17-18,22,25H,6-7H2/p+1. The van der Waals surface area contributed by atoms with E-state index in [4.69, 9.17) is 0 Å². The molecule has 7 nitrogen and oxygen atoms in total. The molecule has 1 aromatic heterocycles. The monoisotopic (exact) mass is 395 g/mol. The fourth-order valence-electron chi connectivity index (χ4n) is 4.03. The van der Waals surface area contributed by atoms with E-state index in [0.29, 0.717) is 10.6 Å². The van der Waals surface area contributed by atoms with Crippen LogP contribution in [0.4, 0.5) is 5.69 Å². The predicted molar refractivity (Wildman–Crippen MR) is 104 cm³/mol. The zero-order valence-electron chi connectivity index (χ0n) is 14.9. The average Bonchev–Trinajstić information content (AvgIpc) is 3.54. The van der Waals surface area contributed by atoms with Gasteiger partial charge < -0.3 is 10.4 Å². The summed E-state index contributed by atoms with van der Waals surface area (Å²) in [5.74, 6) is -0.467. The Bertz CT molecular complexity index is 983. The number of pyridine rings is 1. The first-order valence-electron chi connectivity index (χ1n) is 8.99. The molecule has 2 aliphatic rings. The summed E-state index contributed by atoms with van der Waals surface area (Å²) in [6, 6.07) is 13.5. The van der Waals surface area contributed by atoms with Gasteiger partial charge in [-0.05, 0) is 18.4 Å². The van der Waals surface area contributed by atoms with E-state index in [1.807, 2.05) is 35.2 Å². The van der Waals surface area contributed by atoms with Gasteiger partial charge in [-0.2, -0.15) is 9.83 Å². The molecule has 1 saturated carbocycles. The average molecular weight is 395 g/mol. The zero-order chi connectivity index (χ0) is 19.9. The number of thiol groups is 1. The Labute approximate surface area is 167 Å². The van der Waals surface area contributed by atoms with Gasteiger partial charge >= 0.3 is 0 Å². The minimum atomic E-state index is -1.28. The number of hydrogen-bond donors (Lipinski definition) is 3. The fraction of sp³-hybridized carbons (Fsp3) is 0.300. The summed E-state index contributed by atoms with van der Waals surface area (Å²) in [6.45, 7) is 0. The van der Waals surface area contributed by atoms with Crippen LogP contribution in [0.15, 0.2) is 65.5 Å². The van der Waals surface area contributed by atoms with Gasteiger partial charge in [0.25, 0.3) is 5.69 Å². The number of aliphatic hydroxyl groups is 1. The summed E-state index contributed by atoms with van der Waals surface area (Å²) in [7, 11) is 0. The van der Waals surface area contributed by atoms with Crippen molar-refractivity contribution in [2.45, 2.75) is 30.5 Å². The largest absolute Gasteiger partial charge is 0.365 e. The van der Waals surface area contributed by atoms with Crippen LogP contribution in [0.5, 0.6) is 0 Å². The minimum absolute atomic E-state index is 0.0207. The van der Waals surface area contributed by atoms with Crippen molar-refractivity contribution in [3.8, 4) is 6.07 Å². The summed E-state index contributed by atoms with van der Waals surface area (Å²) in [6.07, 6.45) is 5.47. The summed E-state index contributed by atoms with van der Waals surface area (Å²) in [4.78, 5) is 10.6.